The lowest BCUT2D eigenvalue weighted by Crippen LogP contribution is -2.52. The zero-order valence-corrected chi connectivity index (χ0v) is 12.2. The summed E-state index contributed by atoms with van der Waals surface area (Å²) in [4.78, 5) is 27.5. The maximum Gasteiger partial charge on any atom is 0.229 e. The van der Waals surface area contributed by atoms with Crippen LogP contribution in [0.1, 0.15) is 12.5 Å². The SMILES string of the molecule is CC(=O)N1CCN(C(=O)C2COc3ccccc3C2)CC1. The molecule has 5 heteroatoms. The van der Waals surface area contributed by atoms with Crippen LogP contribution in [-0.4, -0.2) is 54.4 Å². The molecule has 5 nitrogen and oxygen atoms in total. The molecule has 1 unspecified atom stereocenters. The molecule has 2 amide bonds. The number of para-hydroxylation sites is 1. The smallest absolute Gasteiger partial charge is 0.229 e. The minimum Gasteiger partial charge on any atom is -0.492 e. The van der Waals surface area contributed by atoms with Crippen LogP contribution in [0.25, 0.3) is 0 Å². The van der Waals surface area contributed by atoms with E-state index in [2.05, 4.69) is 0 Å². The van der Waals surface area contributed by atoms with Crippen molar-refractivity contribution in [2.75, 3.05) is 32.8 Å². The van der Waals surface area contributed by atoms with Crippen LogP contribution in [0.5, 0.6) is 5.75 Å². The summed E-state index contributed by atoms with van der Waals surface area (Å²) in [6.07, 6.45) is 0.738. The van der Waals surface area contributed by atoms with E-state index in [0.717, 1.165) is 17.7 Å². The molecule has 112 valence electrons. The molecule has 0 bridgehead atoms. The van der Waals surface area contributed by atoms with Gasteiger partial charge in [-0.3, -0.25) is 9.59 Å². The van der Waals surface area contributed by atoms with Crippen molar-refractivity contribution in [1.82, 2.24) is 9.80 Å². The minimum absolute atomic E-state index is 0.0806. The molecule has 3 rings (SSSR count). The number of carbonyl (C=O) groups excluding carboxylic acids is 2. The molecule has 0 aliphatic carbocycles. The van der Waals surface area contributed by atoms with E-state index in [1.54, 1.807) is 11.8 Å². The number of nitrogens with zero attached hydrogens (tertiary/aromatic N) is 2. The first-order valence-corrected chi connectivity index (χ1v) is 7.40. The highest BCUT2D eigenvalue weighted by Crippen LogP contribution is 2.27. The van der Waals surface area contributed by atoms with Crippen LogP contribution in [0.3, 0.4) is 0 Å². The minimum atomic E-state index is -0.108. The number of hydrogen-bond acceptors (Lipinski definition) is 3. The van der Waals surface area contributed by atoms with Crippen molar-refractivity contribution in [1.29, 1.82) is 0 Å². The Morgan fingerprint density at radius 1 is 1.10 bits per heavy atom. The number of hydrogen-bond donors (Lipinski definition) is 0. The average Bonchev–Trinajstić information content (AvgIpc) is 2.54. The second kappa shape index (κ2) is 5.76. The van der Waals surface area contributed by atoms with Crippen molar-refractivity contribution in [2.45, 2.75) is 13.3 Å². The second-order valence-electron chi connectivity index (χ2n) is 5.65. The van der Waals surface area contributed by atoms with Crippen LogP contribution in [0.4, 0.5) is 0 Å². The van der Waals surface area contributed by atoms with Crippen molar-refractivity contribution >= 4 is 11.8 Å². The van der Waals surface area contributed by atoms with Crippen molar-refractivity contribution in [2.24, 2.45) is 5.92 Å². The van der Waals surface area contributed by atoms with E-state index in [0.29, 0.717) is 32.8 Å². The van der Waals surface area contributed by atoms with Gasteiger partial charge in [-0.05, 0) is 18.1 Å². The summed E-state index contributed by atoms with van der Waals surface area (Å²) in [5.74, 6) is 1.01. The molecule has 2 aliphatic rings. The first-order chi connectivity index (χ1) is 10.1. The number of fused-ring (bicyclic) bond motifs is 1. The van der Waals surface area contributed by atoms with E-state index >= 15 is 0 Å². The molecular weight excluding hydrogens is 268 g/mol. The lowest BCUT2D eigenvalue weighted by molar-refractivity contribution is -0.142. The first kappa shape index (κ1) is 13.9. The molecule has 0 radical (unpaired) electrons. The highest BCUT2D eigenvalue weighted by atomic mass is 16.5. The standard InChI is InChI=1S/C16H20N2O3/c1-12(19)17-6-8-18(9-7-17)16(20)14-10-13-4-2-3-5-15(13)21-11-14/h2-5,14H,6-11H2,1H3. The zero-order chi connectivity index (χ0) is 14.8. The molecule has 21 heavy (non-hydrogen) atoms. The first-order valence-electron chi connectivity index (χ1n) is 7.40. The van der Waals surface area contributed by atoms with Gasteiger partial charge in [0.05, 0.1) is 5.92 Å². The molecule has 0 N–H and O–H groups in total. The third-order valence-electron chi connectivity index (χ3n) is 4.26. The lowest BCUT2D eigenvalue weighted by atomic mass is 9.95. The van der Waals surface area contributed by atoms with Crippen LogP contribution >= 0.6 is 0 Å². The predicted octanol–water partition coefficient (Wildman–Crippen LogP) is 0.928. The van der Waals surface area contributed by atoms with Gasteiger partial charge in [0, 0.05) is 33.1 Å². The molecule has 1 aromatic rings. The molecule has 1 saturated heterocycles. The molecular formula is C16H20N2O3. The van der Waals surface area contributed by atoms with Crippen LogP contribution in [0.2, 0.25) is 0 Å². The van der Waals surface area contributed by atoms with E-state index in [4.69, 9.17) is 4.74 Å². The van der Waals surface area contributed by atoms with Crippen LogP contribution < -0.4 is 4.74 Å². The fourth-order valence-corrected chi connectivity index (χ4v) is 2.99. The topological polar surface area (TPSA) is 49.9 Å². The van der Waals surface area contributed by atoms with Gasteiger partial charge in [0.2, 0.25) is 11.8 Å². The van der Waals surface area contributed by atoms with Crippen LogP contribution in [0.15, 0.2) is 24.3 Å². The van der Waals surface area contributed by atoms with E-state index < -0.39 is 0 Å². The molecule has 0 spiro atoms. The number of rotatable bonds is 1. The highest BCUT2D eigenvalue weighted by molar-refractivity contribution is 5.80. The Morgan fingerprint density at radius 3 is 2.48 bits per heavy atom. The summed E-state index contributed by atoms with van der Waals surface area (Å²) in [6, 6.07) is 7.88. The maximum absolute atomic E-state index is 12.6. The predicted molar refractivity (Wildman–Crippen MR) is 78.0 cm³/mol. The Morgan fingerprint density at radius 2 is 1.76 bits per heavy atom. The van der Waals surface area contributed by atoms with Gasteiger partial charge in [-0.1, -0.05) is 18.2 Å². The van der Waals surface area contributed by atoms with E-state index in [1.165, 1.54) is 0 Å². The molecule has 1 fully saturated rings. The second-order valence-corrected chi connectivity index (χ2v) is 5.65. The Hall–Kier alpha value is -2.04. The molecule has 1 atom stereocenters. The van der Waals surface area contributed by atoms with Crippen molar-refractivity contribution in [3.05, 3.63) is 29.8 Å². The quantitative estimate of drug-likeness (QED) is 0.772. The van der Waals surface area contributed by atoms with Crippen molar-refractivity contribution in [3.8, 4) is 5.75 Å². The Bertz CT molecular complexity index is 550. The van der Waals surface area contributed by atoms with Gasteiger partial charge in [0.15, 0.2) is 0 Å². The third-order valence-corrected chi connectivity index (χ3v) is 4.26. The molecule has 0 aromatic heterocycles. The van der Waals surface area contributed by atoms with Gasteiger partial charge in [-0.15, -0.1) is 0 Å². The van der Waals surface area contributed by atoms with E-state index in [1.807, 2.05) is 29.2 Å². The number of ether oxygens (including phenoxy) is 1. The largest absolute Gasteiger partial charge is 0.492 e. The maximum atomic E-state index is 12.6. The summed E-state index contributed by atoms with van der Waals surface area (Å²) in [5, 5.41) is 0. The Labute approximate surface area is 124 Å². The van der Waals surface area contributed by atoms with Gasteiger partial charge in [0.1, 0.15) is 12.4 Å². The number of amides is 2. The van der Waals surface area contributed by atoms with Crippen molar-refractivity contribution < 1.29 is 14.3 Å². The summed E-state index contributed by atoms with van der Waals surface area (Å²) in [5.41, 5.74) is 1.10. The molecule has 1 aromatic carbocycles. The fraction of sp³-hybridized carbons (Fsp3) is 0.500. The zero-order valence-electron chi connectivity index (χ0n) is 12.2. The molecule has 2 aliphatic heterocycles. The summed E-state index contributed by atoms with van der Waals surface area (Å²) >= 11 is 0. The summed E-state index contributed by atoms with van der Waals surface area (Å²) in [7, 11) is 0. The Kier molecular flexibility index (Phi) is 3.82. The van der Waals surface area contributed by atoms with Gasteiger partial charge in [-0.2, -0.15) is 0 Å². The van der Waals surface area contributed by atoms with Gasteiger partial charge in [-0.25, -0.2) is 0 Å². The fourth-order valence-electron chi connectivity index (χ4n) is 2.99. The van der Waals surface area contributed by atoms with Crippen LogP contribution in [0, 0.1) is 5.92 Å². The highest BCUT2D eigenvalue weighted by Gasteiger charge is 2.31. The number of benzene rings is 1. The summed E-state index contributed by atoms with van der Waals surface area (Å²) < 4.78 is 5.70. The third kappa shape index (κ3) is 2.86. The van der Waals surface area contributed by atoms with Gasteiger partial charge in [0.25, 0.3) is 0 Å². The molecule has 0 saturated carbocycles. The van der Waals surface area contributed by atoms with E-state index in [9.17, 15) is 9.59 Å². The normalized spacial score (nSPS) is 21.5. The van der Waals surface area contributed by atoms with Crippen LogP contribution in [-0.2, 0) is 16.0 Å². The van der Waals surface area contributed by atoms with Gasteiger partial charge >= 0.3 is 0 Å². The van der Waals surface area contributed by atoms with Crippen molar-refractivity contribution in [3.63, 3.8) is 0 Å². The van der Waals surface area contributed by atoms with Gasteiger partial charge < -0.3 is 14.5 Å². The lowest BCUT2D eigenvalue weighted by Gasteiger charge is -2.36. The average molecular weight is 288 g/mol. The molecule has 2 heterocycles. The number of carbonyl (C=O) groups is 2. The van der Waals surface area contributed by atoms with E-state index in [-0.39, 0.29) is 17.7 Å². The Balaban J connectivity index is 1.61. The monoisotopic (exact) mass is 288 g/mol. The summed E-state index contributed by atoms with van der Waals surface area (Å²) in [6.45, 7) is 4.52. The number of piperazine rings is 1.